The van der Waals surface area contributed by atoms with Crippen molar-refractivity contribution >= 4 is 5.97 Å². The maximum atomic E-state index is 12.4. The molecule has 0 aliphatic rings. The monoisotopic (exact) mass is 322 g/mol. The third-order valence-corrected chi connectivity index (χ3v) is 3.34. The Balaban J connectivity index is 2.10. The van der Waals surface area contributed by atoms with Gasteiger partial charge in [-0.15, -0.1) is 0 Å². The quantitative estimate of drug-likeness (QED) is 0.409. The second-order valence-electron chi connectivity index (χ2n) is 5.66. The lowest BCUT2D eigenvalue weighted by atomic mass is 10.0. The van der Waals surface area contributed by atoms with Crippen molar-refractivity contribution in [3.8, 4) is 0 Å². The maximum Gasteiger partial charge on any atom is 0.336 e. The highest BCUT2D eigenvalue weighted by atomic mass is 16.5. The highest BCUT2D eigenvalue weighted by molar-refractivity contribution is 5.88. The van der Waals surface area contributed by atoms with Gasteiger partial charge < -0.3 is 9.47 Å². The number of hydrogen-bond acceptors (Lipinski definition) is 3. The molecule has 124 valence electrons. The van der Waals surface area contributed by atoms with Gasteiger partial charge in [0, 0.05) is 0 Å². The predicted octanol–water partition coefficient (Wildman–Crippen LogP) is 4.47. The van der Waals surface area contributed by atoms with Crippen LogP contribution >= 0.6 is 0 Å². The average Bonchev–Trinajstić information content (AvgIpc) is 2.60. The molecular weight excluding hydrogens is 300 g/mol. The van der Waals surface area contributed by atoms with Gasteiger partial charge in [0.15, 0.2) is 6.10 Å². The van der Waals surface area contributed by atoms with Gasteiger partial charge >= 0.3 is 5.97 Å². The van der Waals surface area contributed by atoms with Crippen LogP contribution in [0.1, 0.15) is 24.2 Å². The van der Waals surface area contributed by atoms with Crippen molar-refractivity contribution in [2.24, 2.45) is 0 Å². The Hall–Kier alpha value is -2.65. The number of ether oxygens (including phenoxy) is 2. The minimum absolute atomic E-state index is 0.127. The molecule has 2 aromatic carbocycles. The molecule has 0 atom stereocenters. The molecule has 0 spiro atoms. The fourth-order valence-corrected chi connectivity index (χ4v) is 2.18. The van der Waals surface area contributed by atoms with Crippen LogP contribution in [0.25, 0.3) is 0 Å². The van der Waals surface area contributed by atoms with Crippen molar-refractivity contribution in [1.82, 2.24) is 0 Å². The molecule has 0 heterocycles. The van der Waals surface area contributed by atoms with Crippen LogP contribution in [-0.4, -0.2) is 19.2 Å². The molecule has 2 rings (SSSR count). The molecule has 0 fully saturated rings. The van der Waals surface area contributed by atoms with Gasteiger partial charge in [0.1, 0.15) is 0 Å². The Morgan fingerprint density at radius 3 is 1.88 bits per heavy atom. The van der Waals surface area contributed by atoms with Crippen LogP contribution < -0.4 is 0 Å². The largest absolute Gasteiger partial charge is 0.449 e. The molecule has 0 unspecified atom stereocenters. The second-order valence-corrected chi connectivity index (χ2v) is 5.66. The molecule has 0 saturated carbocycles. The van der Waals surface area contributed by atoms with Gasteiger partial charge in [0.2, 0.25) is 0 Å². The summed E-state index contributed by atoms with van der Waals surface area (Å²) in [6.45, 7) is 9.90. The SMILES string of the molecule is C=C(C)COCC(=C)C(=O)OC(c1ccccc1)c1ccccc1. The number of carbonyl (C=O) groups is 1. The summed E-state index contributed by atoms with van der Waals surface area (Å²) < 4.78 is 11.1. The lowest BCUT2D eigenvalue weighted by Gasteiger charge is -2.19. The predicted molar refractivity (Wildman–Crippen MR) is 95.6 cm³/mol. The van der Waals surface area contributed by atoms with Crippen molar-refractivity contribution in [2.45, 2.75) is 13.0 Å². The molecule has 0 saturated heterocycles. The lowest BCUT2D eigenvalue weighted by molar-refractivity contribution is -0.143. The molecular formula is C21H22O3. The Kier molecular flexibility index (Phi) is 6.52. The van der Waals surface area contributed by atoms with Gasteiger partial charge in [-0.2, -0.15) is 0 Å². The molecule has 3 heteroatoms. The summed E-state index contributed by atoms with van der Waals surface area (Å²) in [5, 5.41) is 0. The van der Waals surface area contributed by atoms with E-state index in [9.17, 15) is 4.79 Å². The van der Waals surface area contributed by atoms with Crippen LogP contribution in [0.15, 0.2) is 85.0 Å². The molecule has 0 aliphatic heterocycles. The van der Waals surface area contributed by atoms with E-state index in [4.69, 9.17) is 9.47 Å². The fraction of sp³-hybridized carbons (Fsp3) is 0.190. The zero-order valence-electron chi connectivity index (χ0n) is 13.9. The third kappa shape index (κ3) is 5.21. The number of hydrogen-bond donors (Lipinski definition) is 0. The van der Waals surface area contributed by atoms with Crippen LogP contribution in [0.5, 0.6) is 0 Å². The summed E-state index contributed by atoms with van der Waals surface area (Å²) in [6.07, 6.45) is -0.474. The molecule has 0 aromatic heterocycles. The Morgan fingerprint density at radius 2 is 1.42 bits per heavy atom. The lowest BCUT2D eigenvalue weighted by Crippen LogP contribution is -2.17. The van der Waals surface area contributed by atoms with E-state index in [1.165, 1.54) is 0 Å². The van der Waals surface area contributed by atoms with Crippen molar-refractivity contribution < 1.29 is 14.3 Å². The smallest absolute Gasteiger partial charge is 0.336 e. The maximum absolute atomic E-state index is 12.4. The second kappa shape index (κ2) is 8.85. The molecule has 24 heavy (non-hydrogen) atoms. The summed E-state index contributed by atoms with van der Waals surface area (Å²) in [5.41, 5.74) is 3.00. The van der Waals surface area contributed by atoms with Crippen molar-refractivity contribution in [3.63, 3.8) is 0 Å². The highest BCUT2D eigenvalue weighted by Gasteiger charge is 2.20. The van der Waals surface area contributed by atoms with Gasteiger partial charge in [-0.1, -0.05) is 79.4 Å². The summed E-state index contributed by atoms with van der Waals surface area (Å²) in [6, 6.07) is 19.3. The van der Waals surface area contributed by atoms with Crippen molar-refractivity contribution in [3.05, 3.63) is 96.1 Å². The number of rotatable bonds is 8. The minimum Gasteiger partial charge on any atom is -0.449 e. The first kappa shape index (κ1) is 17.7. The highest BCUT2D eigenvalue weighted by Crippen LogP contribution is 2.26. The number of benzene rings is 2. The van der Waals surface area contributed by atoms with E-state index >= 15 is 0 Å². The van der Waals surface area contributed by atoms with Crippen LogP contribution in [0.2, 0.25) is 0 Å². The first-order valence-corrected chi connectivity index (χ1v) is 7.78. The third-order valence-electron chi connectivity index (χ3n) is 3.34. The van der Waals surface area contributed by atoms with Crippen molar-refractivity contribution in [1.29, 1.82) is 0 Å². The zero-order chi connectivity index (χ0) is 17.4. The van der Waals surface area contributed by atoms with E-state index in [1.54, 1.807) is 0 Å². The molecule has 3 nitrogen and oxygen atoms in total. The molecule has 0 amide bonds. The molecule has 0 aliphatic carbocycles. The first-order chi connectivity index (χ1) is 11.6. The molecule has 0 bridgehead atoms. The summed E-state index contributed by atoms with van der Waals surface area (Å²) in [4.78, 5) is 12.4. The average molecular weight is 322 g/mol. The van der Waals surface area contributed by atoms with Gasteiger partial charge in [-0.25, -0.2) is 4.79 Å². The molecule has 2 aromatic rings. The van der Waals surface area contributed by atoms with Gasteiger partial charge in [0.05, 0.1) is 18.8 Å². The van der Waals surface area contributed by atoms with E-state index < -0.39 is 12.1 Å². The standard InChI is InChI=1S/C21H22O3/c1-16(2)14-23-15-17(3)21(22)24-20(18-10-6-4-7-11-18)19-12-8-5-9-13-19/h4-13,20H,1,3,14-15H2,2H3. The topological polar surface area (TPSA) is 35.5 Å². The van der Waals surface area contributed by atoms with Gasteiger partial charge in [-0.3, -0.25) is 0 Å². The number of esters is 1. The van der Waals surface area contributed by atoms with E-state index in [-0.39, 0.29) is 12.2 Å². The minimum atomic E-state index is -0.474. The molecule has 0 N–H and O–H groups in total. The normalized spacial score (nSPS) is 10.4. The van der Waals surface area contributed by atoms with Crippen LogP contribution in [0, 0.1) is 0 Å². The van der Waals surface area contributed by atoms with Gasteiger partial charge in [0.25, 0.3) is 0 Å². The van der Waals surface area contributed by atoms with Crippen LogP contribution in [-0.2, 0) is 14.3 Å². The number of carbonyl (C=O) groups excluding carboxylic acids is 1. The van der Waals surface area contributed by atoms with Crippen molar-refractivity contribution in [2.75, 3.05) is 13.2 Å². The van der Waals surface area contributed by atoms with Gasteiger partial charge in [-0.05, 0) is 18.1 Å². The van der Waals surface area contributed by atoms with E-state index in [0.29, 0.717) is 6.61 Å². The Labute approximate surface area is 143 Å². The molecule has 0 radical (unpaired) electrons. The first-order valence-electron chi connectivity index (χ1n) is 7.78. The van der Waals surface area contributed by atoms with E-state index in [0.717, 1.165) is 16.7 Å². The Morgan fingerprint density at radius 1 is 0.917 bits per heavy atom. The van der Waals surface area contributed by atoms with Crippen LogP contribution in [0.4, 0.5) is 0 Å². The van der Waals surface area contributed by atoms with Crippen LogP contribution in [0.3, 0.4) is 0 Å². The van der Waals surface area contributed by atoms with E-state index in [1.807, 2.05) is 67.6 Å². The van der Waals surface area contributed by atoms with E-state index in [2.05, 4.69) is 13.2 Å². The zero-order valence-corrected chi connectivity index (χ0v) is 13.9. The summed E-state index contributed by atoms with van der Waals surface area (Å²) in [7, 11) is 0. The summed E-state index contributed by atoms with van der Waals surface area (Å²) >= 11 is 0. The fourth-order valence-electron chi connectivity index (χ4n) is 2.18. The Bertz CT molecular complexity index is 650. The summed E-state index contributed by atoms with van der Waals surface area (Å²) in [5.74, 6) is -0.463.